The zero-order valence-corrected chi connectivity index (χ0v) is 11.4. The molecule has 1 rings (SSSR count). The van der Waals surface area contributed by atoms with Gasteiger partial charge in [0.25, 0.3) is 0 Å². The number of benzene rings is 1. The minimum atomic E-state index is -0.147. The summed E-state index contributed by atoms with van der Waals surface area (Å²) < 4.78 is 5.35. The lowest BCUT2D eigenvalue weighted by molar-refractivity contribution is 0.104. The highest BCUT2D eigenvalue weighted by molar-refractivity contribution is 6.45. The van der Waals surface area contributed by atoms with E-state index in [4.69, 9.17) is 9.57 Å². The van der Waals surface area contributed by atoms with Crippen LogP contribution in [-0.4, -0.2) is 24.7 Å². The molecule has 4 nitrogen and oxygen atoms in total. The molecule has 0 amide bonds. The molecule has 1 aromatic carbocycles. The van der Waals surface area contributed by atoms with Crippen LogP contribution in [0.2, 0.25) is 0 Å². The Hall–Kier alpha value is -2.10. The Morgan fingerprint density at radius 1 is 1.37 bits per heavy atom. The molecule has 0 aromatic heterocycles. The van der Waals surface area contributed by atoms with Crippen molar-refractivity contribution in [1.82, 2.24) is 0 Å². The predicted octanol–water partition coefficient (Wildman–Crippen LogP) is 3.24. The van der Waals surface area contributed by atoms with Crippen LogP contribution in [0.1, 0.15) is 30.6 Å². The number of ether oxygens (including phenoxy) is 1. The van der Waals surface area contributed by atoms with E-state index in [1.807, 2.05) is 6.92 Å². The molecule has 4 heteroatoms. The van der Waals surface area contributed by atoms with Gasteiger partial charge in [-0.1, -0.05) is 24.7 Å². The molecule has 102 valence electrons. The fourth-order valence-corrected chi connectivity index (χ4v) is 1.34. The number of rotatable bonds is 8. The number of ketones is 1. The third kappa shape index (κ3) is 4.95. The lowest BCUT2D eigenvalue weighted by atomic mass is 10.1. The first-order valence-corrected chi connectivity index (χ1v) is 6.24. The molecule has 0 radical (unpaired) electrons. The van der Waals surface area contributed by atoms with Crippen LogP contribution in [0, 0.1) is 0 Å². The highest BCUT2D eigenvalue weighted by atomic mass is 16.6. The van der Waals surface area contributed by atoms with E-state index in [9.17, 15) is 4.79 Å². The molecular weight excluding hydrogens is 242 g/mol. The number of Topliss-reactive ketones (excluding diaryl/α,β-unsaturated/α-hetero) is 1. The van der Waals surface area contributed by atoms with Crippen molar-refractivity contribution in [3.05, 3.63) is 42.5 Å². The van der Waals surface area contributed by atoms with Crippen LogP contribution >= 0.6 is 0 Å². The van der Waals surface area contributed by atoms with Gasteiger partial charge in [-0.15, -0.1) is 0 Å². The third-order valence-electron chi connectivity index (χ3n) is 2.31. The van der Waals surface area contributed by atoms with E-state index in [0.29, 0.717) is 30.2 Å². The zero-order chi connectivity index (χ0) is 14.1. The van der Waals surface area contributed by atoms with E-state index in [0.717, 1.165) is 6.42 Å². The van der Waals surface area contributed by atoms with Gasteiger partial charge in [-0.25, -0.2) is 0 Å². The van der Waals surface area contributed by atoms with E-state index in [2.05, 4.69) is 11.7 Å². The van der Waals surface area contributed by atoms with E-state index in [-0.39, 0.29) is 5.78 Å². The topological polar surface area (TPSA) is 47.9 Å². The van der Waals surface area contributed by atoms with Gasteiger partial charge in [0.2, 0.25) is 5.78 Å². The van der Waals surface area contributed by atoms with Crippen LogP contribution in [0.15, 0.2) is 42.1 Å². The van der Waals surface area contributed by atoms with E-state index in [1.165, 1.54) is 0 Å². The Bertz CT molecular complexity index is 449. The lowest BCUT2D eigenvalue weighted by Crippen LogP contribution is -2.11. The quantitative estimate of drug-likeness (QED) is 0.237. The average molecular weight is 261 g/mol. The first-order valence-electron chi connectivity index (χ1n) is 6.24. The normalized spacial score (nSPS) is 10.9. The maximum Gasteiger partial charge on any atom is 0.210 e. The summed E-state index contributed by atoms with van der Waals surface area (Å²) in [7, 11) is 0. The second kappa shape index (κ2) is 8.08. The standard InChI is InChI=1S/C15H19NO3/c1-4-10-18-14-8-6-13(7-9-14)15(17)12(3)16-19-11-5-2/h4,6-9H,1,5,10-11H2,2-3H3/b16-12+. The summed E-state index contributed by atoms with van der Waals surface area (Å²) in [5.41, 5.74) is 0.903. The highest BCUT2D eigenvalue weighted by Crippen LogP contribution is 2.13. The maximum absolute atomic E-state index is 12.0. The van der Waals surface area contributed by atoms with Gasteiger partial charge in [-0.05, 0) is 37.6 Å². The van der Waals surface area contributed by atoms with Gasteiger partial charge in [0, 0.05) is 5.56 Å². The van der Waals surface area contributed by atoms with E-state index < -0.39 is 0 Å². The first-order chi connectivity index (χ1) is 9.19. The lowest BCUT2D eigenvalue weighted by Gasteiger charge is -2.04. The summed E-state index contributed by atoms with van der Waals surface area (Å²) >= 11 is 0. The Labute approximate surface area is 113 Å². The summed E-state index contributed by atoms with van der Waals surface area (Å²) in [6, 6.07) is 6.91. The molecule has 1 aromatic rings. The van der Waals surface area contributed by atoms with Crippen molar-refractivity contribution >= 4 is 11.5 Å². The fraction of sp³-hybridized carbons (Fsp3) is 0.333. The molecule has 0 aliphatic carbocycles. The SMILES string of the molecule is C=CCOc1ccc(C(=O)/C(C)=N/OCCC)cc1. The second-order valence-electron chi connectivity index (χ2n) is 3.96. The van der Waals surface area contributed by atoms with Crippen LogP contribution in [0.4, 0.5) is 0 Å². The van der Waals surface area contributed by atoms with Crippen molar-refractivity contribution in [1.29, 1.82) is 0 Å². The minimum Gasteiger partial charge on any atom is -0.490 e. The summed E-state index contributed by atoms with van der Waals surface area (Å²) in [5.74, 6) is 0.555. The maximum atomic E-state index is 12.0. The van der Waals surface area contributed by atoms with Crippen LogP contribution < -0.4 is 4.74 Å². The van der Waals surface area contributed by atoms with E-state index >= 15 is 0 Å². The first kappa shape index (κ1) is 15.0. The molecule has 0 unspecified atom stereocenters. The molecule has 0 atom stereocenters. The largest absolute Gasteiger partial charge is 0.490 e. The molecule has 0 heterocycles. The molecule has 0 saturated heterocycles. The van der Waals surface area contributed by atoms with Gasteiger partial charge in [0.05, 0.1) is 0 Å². The van der Waals surface area contributed by atoms with Crippen LogP contribution in [-0.2, 0) is 4.84 Å². The molecule has 0 aliphatic heterocycles. The van der Waals surface area contributed by atoms with Crippen molar-refractivity contribution in [2.75, 3.05) is 13.2 Å². The summed E-state index contributed by atoms with van der Waals surface area (Å²) in [5, 5.41) is 3.78. The van der Waals surface area contributed by atoms with Gasteiger partial charge in [-0.2, -0.15) is 0 Å². The number of carbonyl (C=O) groups is 1. The predicted molar refractivity (Wildman–Crippen MR) is 75.8 cm³/mol. The molecule has 0 fully saturated rings. The summed E-state index contributed by atoms with van der Waals surface area (Å²) in [6.07, 6.45) is 2.53. The minimum absolute atomic E-state index is 0.147. The molecule has 0 saturated carbocycles. The Balaban J connectivity index is 2.66. The number of hydrogen-bond donors (Lipinski definition) is 0. The Morgan fingerprint density at radius 2 is 2.05 bits per heavy atom. The van der Waals surface area contributed by atoms with Crippen molar-refractivity contribution in [2.24, 2.45) is 5.16 Å². The molecule has 0 aliphatic rings. The third-order valence-corrected chi connectivity index (χ3v) is 2.31. The zero-order valence-electron chi connectivity index (χ0n) is 11.4. The number of nitrogens with zero attached hydrogens (tertiary/aromatic N) is 1. The molecule has 0 bridgehead atoms. The van der Waals surface area contributed by atoms with Crippen LogP contribution in [0.25, 0.3) is 0 Å². The Morgan fingerprint density at radius 3 is 2.63 bits per heavy atom. The van der Waals surface area contributed by atoms with Gasteiger partial charge >= 0.3 is 0 Å². The average Bonchev–Trinajstić information content (AvgIpc) is 2.45. The van der Waals surface area contributed by atoms with Crippen molar-refractivity contribution < 1.29 is 14.4 Å². The Kier molecular flexibility index (Phi) is 6.36. The number of hydrogen-bond acceptors (Lipinski definition) is 4. The molecule has 0 spiro atoms. The van der Waals surface area contributed by atoms with Crippen molar-refractivity contribution in [3.8, 4) is 5.75 Å². The van der Waals surface area contributed by atoms with Crippen LogP contribution in [0.5, 0.6) is 5.75 Å². The molecule has 19 heavy (non-hydrogen) atoms. The highest BCUT2D eigenvalue weighted by Gasteiger charge is 2.10. The van der Waals surface area contributed by atoms with Gasteiger partial charge < -0.3 is 9.57 Å². The number of oxime groups is 1. The molecule has 0 N–H and O–H groups in total. The fourth-order valence-electron chi connectivity index (χ4n) is 1.34. The van der Waals surface area contributed by atoms with Gasteiger partial charge in [-0.3, -0.25) is 4.79 Å². The molecular formula is C15H19NO3. The monoisotopic (exact) mass is 261 g/mol. The second-order valence-corrected chi connectivity index (χ2v) is 3.96. The van der Waals surface area contributed by atoms with Crippen LogP contribution in [0.3, 0.4) is 0 Å². The van der Waals surface area contributed by atoms with Crippen molar-refractivity contribution in [2.45, 2.75) is 20.3 Å². The smallest absolute Gasteiger partial charge is 0.210 e. The number of carbonyl (C=O) groups excluding carboxylic acids is 1. The van der Waals surface area contributed by atoms with Gasteiger partial charge in [0.1, 0.15) is 24.7 Å². The van der Waals surface area contributed by atoms with Gasteiger partial charge in [0.15, 0.2) is 0 Å². The van der Waals surface area contributed by atoms with E-state index in [1.54, 1.807) is 37.3 Å². The summed E-state index contributed by atoms with van der Waals surface area (Å²) in [6.45, 7) is 8.15. The van der Waals surface area contributed by atoms with Crippen molar-refractivity contribution in [3.63, 3.8) is 0 Å². The summed E-state index contributed by atoms with van der Waals surface area (Å²) in [4.78, 5) is 17.0.